The van der Waals surface area contributed by atoms with Crippen LogP contribution in [0.1, 0.15) is 12.5 Å². The van der Waals surface area contributed by atoms with Crippen molar-refractivity contribution in [2.45, 2.75) is 13.8 Å². The third-order valence-electron chi connectivity index (χ3n) is 2.54. The zero-order valence-electron chi connectivity index (χ0n) is 11.2. The molecule has 0 aliphatic carbocycles. The van der Waals surface area contributed by atoms with E-state index >= 15 is 0 Å². The van der Waals surface area contributed by atoms with E-state index in [0.29, 0.717) is 23.5 Å². The number of hydrogen-bond acceptors (Lipinski definition) is 5. The van der Waals surface area contributed by atoms with E-state index in [0.717, 1.165) is 5.39 Å². The molecule has 6 heteroatoms. The van der Waals surface area contributed by atoms with E-state index in [-0.39, 0.29) is 24.6 Å². The first-order valence-electron chi connectivity index (χ1n) is 5.93. The summed E-state index contributed by atoms with van der Waals surface area (Å²) in [7, 11) is 0. The highest BCUT2D eigenvalue weighted by atomic mass is 35.5. The fourth-order valence-corrected chi connectivity index (χ4v) is 1.63. The summed E-state index contributed by atoms with van der Waals surface area (Å²) in [6.07, 6.45) is 0. The van der Waals surface area contributed by atoms with Crippen LogP contribution in [0.4, 0.5) is 0 Å². The Morgan fingerprint density at radius 2 is 2.05 bits per heavy atom. The third-order valence-corrected chi connectivity index (χ3v) is 2.54. The first kappa shape index (κ1) is 16.0. The van der Waals surface area contributed by atoms with Crippen LogP contribution in [0, 0.1) is 6.92 Å². The fourth-order valence-electron chi connectivity index (χ4n) is 1.63. The zero-order chi connectivity index (χ0) is 13.8. The monoisotopic (exact) mass is 298 g/mol. The van der Waals surface area contributed by atoms with Gasteiger partial charge >= 0.3 is 11.6 Å². The van der Waals surface area contributed by atoms with E-state index < -0.39 is 5.97 Å². The molecule has 0 unspecified atom stereocenters. The Kier molecular flexibility index (Phi) is 5.58. The summed E-state index contributed by atoms with van der Waals surface area (Å²) < 4.78 is 15.1. The third kappa shape index (κ3) is 3.74. The van der Waals surface area contributed by atoms with Gasteiger partial charge in [-0.1, -0.05) is 0 Å². The lowest BCUT2D eigenvalue weighted by molar-refractivity contribution is -0.145. The highest BCUT2D eigenvalue weighted by molar-refractivity contribution is 5.85. The molecule has 2 rings (SSSR count). The molecule has 108 valence electrons. The van der Waals surface area contributed by atoms with Crippen molar-refractivity contribution in [3.8, 4) is 5.75 Å². The summed E-state index contributed by atoms with van der Waals surface area (Å²) in [6.45, 7) is 3.56. The number of aryl methyl sites for hydroxylation is 1. The number of halogens is 1. The minimum atomic E-state index is -0.437. The Hall–Kier alpha value is -2.01. The summed E-state index contributed by atoms with van der Waals surface area (Å²) in [5, 5.41) is 0.806. The van der Waals surface area contributed by atoms with Crippen LogP contribution in [0.5, 0.6) is 5.75 Å². The Bertz CT molecular complexity index is 662. The molecule has 1 aromatic heterocycles. The van der Waals surface area contributed by atoms with Gasteiger partial charge < -0.3 is 13.9 Å². The van der Waals surface area contributed by atoms with Gasteiger partial charge in [0.15, 0.2) is 6.61 Å². The Morgan fingerprint density at radius 1 is 1.30 bits per heavy atom. The number of hydrogen-bond donors (Lipinski definition) is 0. The van der Waals surface area contributed by atoms with Crippen molar-refractivity contribution in [1.82, 2.24) is 0 Å². The van der Waals surface area contributed by atoms with Crippen LogP contribution in [0.3, 0.4) is 0 Å². The Labute approximate surface area is 121 Å². The molecule has 0 aliphatic rings. The molecular weight excluding hydrogens is 284 g/mol. The van der Waals surface area contributed by atoms with Crippen molar-refractivity contribution in [2.24, 2.45) is 0 Å². The van der Waals surface area contributed by atoms with Crippen molar-refractivity contribution < 1.29 is 18.7 Å². The summed E-state index contributed by atoms with van der Waals surface area (Å²) >= 11 is 0. The lowest BCUT2D eigenvalue weighted by Crippen LogP contribution is -2.14. The molecule has 0 radical (unpaired) electrons. The molecule has 1 heterocycles. The van der Waals surface area contributed by atoms with Crippen molar-refractivity contribution in [3.63, 3.8) is 0 Å². The molecule has 20 heavy (non-hydrogen) atoms. The molecule has 0 fully saturated rings. The summed E-state index contributed by atoms with van der Waals surface area (Å²) in [6, 6.07) is 6.80. The maximum Gasteiger partial charge on any atom is 0.344 e. The number of rotatable bonds is 4. The second-order valence-electron chi connectivity index (χ2n) is 4.01. The minimum absolute atomic E-state index is 0. The summed E-state index contributed by atoms with van der Waals surface area (Å²) in [5.74, 6) is 0.0144. The van der Waals surface area contributed by atoms with Gasteiger partial charge in [-0.25, -0.2) is 9.59 Å². The Balaban J connectivity index is 0.00000200. The summed E-state index contributed by atoms with van der Waals surface area (Å²) in [5.41, 5.74) is 0.597. The smallest absolute Gasteiger partial charge is 0.344 e. The molecule has 2 aromatic rings. The van der Waals surface area contributed by atoms with Crippen molar-refractivity contribution >= 4 is 29.3 Å². The molecular formula is C14H15ClO5. The molecule has 0 saturated carbocycles. The highest BCUT2D eigenvalue weighted by Gasteiger charge is 2.06. The van der Waals surface area contributed by atoms with E-state index in [1.807, 2.05) is 0 Å². The topological polar surface area (TPSA) is 65.7 Å². The van der Waals surface area contributed by atoms with Gasteiger partial charge in [0.2, 0.25) is 0 Å². The second-order valence-corrected chi connectivity index (χ2v) is 4.01. The predicted octanol–water partition coefficient (Wildman–Crippen LogP) is 2.47. The van der Waals surface area contributed by atoms with E-state index in [1.165, 1.54) is 0 Å². The molecule has 0 aliphatic heterocycles. The average Bonchev–Trinajstić information content (AvgIpc) is 2.38. The van der Waals surface area contributed by atoms with Gasteiger partial charge in [-0.2, -0.15) is 0 Å². The molecule has 0 spiro atoms. The van der Waals surface area contributed by atoms with Crippen LogP contribution >= 0.6 is 12.4 Å². The first-order valence-corrected chi connectivity index (χ1v) is 5.93. The van der Waals surface area contributed by atoms with Crippen molar-refractivity contribution in [2.75, 3.05) is 13.2 Å². The van der Waals surface area contributed by atoms with Crippen LogP contribution in [-0.4, -0.2) is 19.2 Å². The largest absolute Gasteiger partial charge is 0.482 e. The normalized spacial score (nSPS) is 9.90. The van der Waals surface area contributed by atoms with Gasteiger partial charge in [0.25, 0.3) is 0 Å². The van der Waals surface area contributed by atoms with E-state index in [9.17, 15) is 9.59 Å². The van der Waals surface area contributed by atoms with Crippen LogP contribution in [0.15, 0.2) is 33.5 Å². The van der Waals surface area contributed by atoms with Gasteiger partial charge in [0.1, 0.15) is 11.3 Å². The SMILES string of the molecule is CCOC(=O)COc1ccc2cc(C)c(=O)oc2c1.Cl. The number of carbonyl (C=O) groups excluding carboxylic acids is 1. The van der Waals surface area contributed by atoms with Crippen molar-refractivity contribution in [3.05, 3.63) is 40.2 Å². The van der Waals surface area contributed by atoms with Crippen LogP contribution in [0.25, 0.3) is 11.0 Å². The van der Waals surface area contributed by atoms with Gasteiger partial charge in [-0.05, 0) is 32.0 Å². The zero-order valence-corrected chi connectivity index (χ0v) is 12.0. The number of ether oxygens (including phenoxy) is 2. The fraction of sp³-hybridized carbons (Fsp3) is 0.286. The van der Waals surface area contributed by atoms with Crippen LogP contribution in [0.2, 0.25) is 0 Å². The number of fused-ring (bicyclic) bond motifs is 1. The standard InChI is InChI=1S/C14H14O5.ClH/c1-3-17-13(15)8-18-11-5-4-10-6-9(2)14(16)19-12(10)7-11;/h4-7H,3,8H2,1-2H3;1H. The van der Waals surface area contributed by atoms with E-state index in [4.69, 9.17) is 13.9 Å². The van der Waals surface area contributed by atoms with E-state index in [2.05, 4.69) is 0 Å². The lowest BCUT2D eigenvalue weighted by atomic mass is 10.2. The highest BCUT2D eigenvalue weighted by Crippen LogP contribution is 2.20. The maximum atomic E-state index is 11.4. The van der Waals surface area contributed by atoms with Crippen LogP contribution < -0.4 is 10.4 Å². The van der Waals surface area contributed by atoms with Gasteiger partial charge in [0, 0.05) is 17.0 Å². The van der Waals surface area contributed by atoms with Gasteiger partial charge in [-0.15, -0.1) is 12.4 Å². The van der Waals surface area contributed by atoms with Gasteiger partial charge in [-0.3, -0.25) is 0 Å². The molecule has 0 amide bonds. The predicted molar refractivity (Wildman–Crippen MR) is 76.6 cm³/mol. The van der Waals surface area contributed by atoms with Gasteiger partial charge in [0.05, 0.1) is 6.61 Å². The Morgan fingerprint density at radius 3 is 2.75 bits per heavy atom. The van der Waals surface area contributed by atoms with Crippen molar-refractivity contribution in [1.29, 1.82) is 0 Å². The minimum Gasteiger partial charge on any atom is -0.482 e. The molecule has 0 bridgehead atoms. The average molecular weight is 299 g/mol. The quantitative estimate of drug-likeness (QED) is 0.641. The maximum absolute atomic E-state index is 11.4. The van der Waals surface area contributed by atoms with Crippen LogP contribution in [-0.2, 0) is 9.53 Å². The van der Waals surface area contributed by atoms with E-state index in [1.54, 1.807) is 38.1 Å². The lowest BCUT2D eigenvalue weighted by Gasteiger charge is -2.06. The number of esters is 1. The summed E-state index contributed by atoms with van der Waals surface area (Å²) in [4.78, 5) is 22.6. The second kappa shape index (κ2) is 6.96. The number of carbonyl (C=O) groups is 1. The molecule has 0 N–H and O–H groups in total. The first-order chi connectivity index (χ1) is 9.10. The molecule has 1 aromatic carbocycles. The molecule has 0 atom stereocenters. The number of benzene rings is 1. The molecule has 0 saturated heterocycles. The molecule has 5 nitrogen and oxygen atoms in total.